The van der Waals surface area contributed by atoms with E-state index in [4.69, 9.17) is 10.5 Å². The summed E-state index contributed by atoms with van der Waals surface area (Å²) in [7, 11) is 0. The molecule has 0 saturated heterocycles. The van der Waals surface area contributed by atoms with Crippen LogP contribution >= 0.6 is 0 Å². The maximum atomic E-state index is 13.4. The predicted octanol–water partition coefficient (Wildman–Crippen LogP) is 4.38. The largest absolute Gasteiger partial charge is 0.449 e. The van der Waals surface area contributed by atoms with Crippen LogP contribution < -0.4 is 5.73 Å². The molecule has 0 radical (unpaired) electrons. The van der Waals surface area contributed by atoms with E-state index in [0.29, 0.717) is 17.7 Å². The van der Waals surface area contributed by atoms with Gasteiger partial charge in [0.1, 0.15) is 0 Å². The van der Waals surface area contributed by atoms with Gasteiger partial charge in [0, 0.05) is 16.8 Å². The second-order valence-corrected chi connectivity index (χ2v) is 7.25. The van der Waals surface area contributed by atoms with Crippen LogP contribution in [0.4, 0.5) is 5.69 Å². The van der Waals surface area contributed by atoms with Crippen molar-refractivity contribution < 1.29 is 14.3 Å². The van der Waals surface area contributed by atoms with Crippen LogP contribution in [0, 0.1) is 0 Å². The molecule has 5 nitrogen and oxygen atoms in total. The highest BCUT2D eigenvalue weighted by atomic mass is 16.5. The number of aryl methyl sites for hydroxylation is 1. The van der Waals surface area contributed by atoms with Gasteiger partial charge in [0.05, 0.1) is 11.1 Å². The second kappa shape index (κ2) is 7.50. The van der Waals surface area contributed by atoms with E-state index >= 15 is 0 Å². The third-order valence-electron chi connectivity index (χ3n) is 5.44. The minimum atomic E-state index is -0.827. The molecular formula is C23H24N2O3. The summed E-state index contributed by atoms with van der Waals surface area (Å²) in [6.45, 7) is 1.86. The molecule has 1 aliphatic carbocycles. The summed E-state index contributed by atoms with van der Waals surface area (Å²) < 4.78 is 7.39. The predicted molar refractivity (Wildman–Crippen MR) is 110 cm³/mol. The van der Waals surface area contributed by atoms with Crippen molar-refractivity contribution in [1.29, 1.82) is 0 Å². The highest BCUT2D eigenvalue weighted by molar-refractivity contribution is 5.99. The Morgan fingerprint density at radius 2 is 1.79 bits per heavy atom. The third-order valence-corrected chi connectivity index (χ3v) is 5.44. The normalized spacial score (nSPS) is 14.5. The third kappa shape index (κ3) is 3.17. The SMILES string of the molecule is CCC(OC(=O)c1ccc(N)cc1)C(=O)n1c2c(c3ccccc31)CCCC2. The lowest BCUT2D eigenvalue weighted by molar-refractivity contribution is 0.0241. The van der Waals surface area contributed by atoms with Crippen molar-refractivity contribution in [2.75, 3.05) is 5.73 Å². The first-order chi connectivity index (χ1) is 13.6. The van der Waals surface area contributed by atoms with Crippen LogP contribution in [0.25, 0.3) is 10.9 Å². The minimum Gasteiger partial charge on any atom is -0.449 e. The molecule has 1 aliphatic rings. The molecule has 2 N–H and O–H groups in total. The number of nitrogen functional groups attached to an aromatic ring is 1. The van der Waals surface area contributed by atoms with Crippen LogP contribution in [0.5, 0.6) is 0 Å². The van der Waals surface area contributed by atoms with Gasteiger partial charge in [-0.3, -0.25) is 9.36 Å². The van der Waals surface area contributed by atoms with Gasteiger partial charge in [0.2, 0.25) is 0 Å². The van der Waals surface area contributed by atoms with Gasteiger partial charge in [-0.15, -0.1) is 0 Å². The molecule has 2 aromatic carbocycles. The lowest BCUT2D eigenvalue weighted by Gasteiger charge is -2.20. The Morgan fingerprint density at radius 1 is 1.07 bits per heavy atom. The zero-order chi connectivity index (χ0) is 19.7. The molecule has 1 aromatic heterocycles. The zero-order valence-electron chi connectivity index (χ0n) is 16.0. The lowest BCUT2D eigenvalue weighted by Crippen LogP contribution is -2.32. The fourth-order valence-corrected chi connectivity index (χ4v) is 4.02. The highest BCUT2D eigenvalue weighted by Gasteiger charge is 2.29. The number of carbonyl (C=O) groups excluding carboxylic acids is 2. The molecule has 3 aromatic rings. The number of hydrogen-bond donors (Lipinski definition) is 1. The highest BCUT2D eigenvalue weighted by Crippen LogP contribution is 2.32. The van der Waals surface area contributed by atoms with E-state index in [0.717, 1.165) is 42.3 Å². The molecule has 144 valence electrons. The number of fused-ring (bicyclic) bond motifs is 3. The Labute approximate surface area is 164 Å². The van der Waals surface area contributed by atoms with Crippen LogP contribution in [0.3, 0.4) is 0 Å². The molecule has 0 fully saturated rings. The second-order valence-electron chi connectivity index (χ2n) is 7.25. The average Bonchev–Trinajstić information content (AvgIpc) is 3.06. The number of carbonyl (C=O) groups is 2. The van der Waals surface area contributed by atoms with Crippen LogP contribution in [0.15, 0.2) is 48.5 Å². The summed E-state index contributed by atoms with van der Waals surface area (Å²) >= 11 is 0. The molecular weight excluding hydrogens is 352 g/mol. The number of ether oxygens (including phenoxy) is 1. The average molecular weight is 376 g/mol. The van der Waals surface area contributed by atoms with Crippen molar-refractivity contribution in [3.05, 3.63) is 65.4 Å². The summed E-state index contributed by atoms with van der Waals surface area (Å²) in [6, 6.07) is 14.5. The smallest absolute Gasteiger partial charge is 0.338 e. The standard InChI is InChI=1S/C23H24N2O3/c1-2-21(28-23(27)15-11-13-16(24)14-12-15)22(26)25-19-9-5-3-7-17(19)18-8-4-6-10-20(18)25/h3,5,7,9,11-14,21H,2,4,6,8,10,24H2,1H3. The summed E-state index contributed by atoms with van der Waals surface area (Å²) in [5.74, 6) is -0.684. The quantitative estimate of drug-likeness (QED) is 0.542. The zero-order valence-corrected chi connectivity index (χ0v) is 16.0. The van der Waals surface area contributed by atoms with E-state index in [2.05, 4.69) is 6.07 Å². The number of aromatic nitrogens is 1. The molecule has 28 heavy (non-hydrogen) atoms. The van der Waals surface area contributed by atoms with Crippen molar-refractivity contribution in [3.63, 3.8) is 0 Å². The first-order valence-electron chi connectivity index (χ1n) is 9.82. The van der Waals surface area contributed by atoms with Crippen molar-refractivity contribution >= 4 is 28.5 Å². The fraction of sp³-hybridized carbons (Fsp3) is 0.304. The monoisotopic (exact) mass is 376 g/mol. The Morgan fingerprint density at radius 3 is 2.54 bits per heavy atom. The maximum Gasteiger partial charge on any atom is 0.338 e. The fourth-order valence-electron chi connectivity index (χ4n) is 4.02. The van der Waals surface area contributed by atoms with Crippen LogP contribution in [-0.4, -0.2) is 22.5 Å². The molecule has 5 heteroatoms. The Hall–Kier alpha value is -3.08. The van der Waals surface area contributed by atoms with Crippen molar-refractivity contribution in [2.45, 2.75) is 45.1 Å². The van der Waals surface area contributed by atoms with Crippen LogP contribution in [0.2, 0.25) is 0 Å². The summed E-state index contributed by atoms with van der Waals surface area (Å²) in [5, 5.41) is 1.13. The summed E-state index contributed by atoms with van der Waals surface area (Å²) in [6.07, 6.45) is 3.65. The van der Waals surface area contributed by atoms with Gasteiger partial charge in [-0.05, 0) is 68.0 Å². The molecule has 0 spiro atoms. The number of benzene rings is 2. The molecule has 1 unspecified atom stereocenters. The molecule has 1 heterocycles. The number of esters is 1. The van der Waals surface area contributed by atoms with E-state index in [1.165, 1.54) is 5.56 Å². The van der Waals surface area contributed by atoms with Crippen LogP contribution in [-0.2, 0) is 17.6 Å². The van der Waals surface area contributed by atoms with Gasteiger partial charge in [0.25, 0.3) is 5.91 Å². The van der Waals surface area contributed by atoms with Crippen molar-refractivity contribution in [2.24, 2.45) is 0 Å². The number of nitrogens with zero attached hydrogens (tertiary/aromatic N) is 1. The van der Waals surface area contributed by atoms with Crippen LogP contribution in [0.1, 0.15) is 52.6 Å². The number of anilines is 1. The summed E-state index contributed by atoms with van der Waals surface area (Å²) in [5.41, 5.74) is 9.87. The first-order valence-corrected chi connectivity index (χ1v) is 9.82. The van der Waals surface area contributed by atoms with Gasteiger partial charge in [-0.2, -0.15) is 0 Å². The van der Waals surface area contributed by atoms with E-state index < -0.39 is 12.1 Å². The van der Waals surface area contributed by atoms with E-state index in [9.17, 15) is 9.59 Å². The molecule has 0 amide bonds. The van der Waals surface area contributed by atoms with Gasteiger partial charge in [-0.1, -0.05) is 25.1 Å². The maximum absolute atomic E-state index is 13.4. The molecule has 0 bridgehead atoms. The molecule has 4 rings (SSSR count). The first kappa shape index (κ1) is 18.3. The number of hydrogen-bond acceptors (Lipinski definition) is 4. The number of para-hydroxylation sites is 1. The number of rotatable bonds is 4. The topological polar surface area (TPSA) is 74.3 Å². The Kier molecular flexibility index (Phi) is 4.90. The molecule has 1 atom stereocenters. The van der Waals surface area contributed by atoms with Gasteiger partial charge >= 0.3 is 5.97 Å². The van der Waals surface area contributed by atoms with E-state index in [-0.39, 0.29) is 5.91 Å². The molecule has 0 aliphatic heterocycles. The van der Waals surface area contributed by atoms with E-state index in [1.54, 1.807) is 28.8 Å². The van der Waals surface area contributed by atoms with Gasteiger partial charge < -0.3 is 10.5 Å². The van der Waals surface area contributed by atoms with Gasteiger partial charge in [0.15, 0.2) is 6.10 Å². The minimum absolute atomic E-state index is 0.175. The van der Waals surface area contributed by atoms with Gasteiger partial charge in [-0.25, -0.2) is 4.79 Å². The Balaban J connectivity index is 1.68. The Bertz CT molecular complexity index is 1030. The lowest BCUT2D eigenvalue weighted by atomic mass is 9.95. The summed E-state index contributed by atoms with van der Waals surface area (Å²) in [4.78, 5) is 25.9. The number of nitrogens with two attached hydrogens (primary N) is 1. The van der Waals surface area contributed by atoms with E-state index in [1.807, 2.05) is 25.1 Å². The van der Waals surface area contributed by atoms with Crippen molar-refractivity contribution in [1.82, 2.24) is 4.57 Å². The molecule has 0 saturated carbocycles. The van der Waals surface area contributed by atoms with Crippen molar-refractivity contribution in [3.8, 4) is 0 Å².